The van der Waals surface area contributed by atoms with Gasteiger partial charge in [-0.25, -0.2) is 0 Å². The van der Waals surface area contributed by atoms with Gasteiger partial charge in [0.05, 0.1) is 55.8 Å². The topological polar surface area (TPSA) is 15.3 Å². The van der Waals surface area contributed by atoms with E-state index in [-0.39, 0.29) is 0 Å². The molecule has 4 aromatic heterocycles. The number of anilines is 6. The lowest BCUT2D eigenvalue weighted by atomic mass is 9.91. The van der Waals surface area contributed by atoms with Gasteiger partial charge < -0.3 is 18.6 Å². The van der Waals surface area contributed by atoms with E-state index in [0.29, 0.717) is 11.8 Å². The van der Waals surface area contributed by atoms with Gasteiger partial charge in [0.2, 0.25) is 0 Å². The standard InChI is InChI=1S/C80H66N4/c1-49-31-37-67(51(3)43-49)81(71-39-33-57(53-19-11-12-20-53)45-63(71)55-23-7-5-8-24-55)73-41-35-59-65-47-76-66(48-75(65)83-69-29-17-15-27-61(69)77(73)79(59)83)60-36-42-74(78-62-28-16-18-30-70(62)84(76)80(60)78)82(68-38-32-50(2)44-52(68)4)72-40-34-58(54-21-13-14-22-54)46-64(72)56-25-9-6-10-26-56/h5-10,15-18,23-48,53-54H,11-14,19-22H2,1-4H3. The van der Waals surface area contributed by atoms with E-state index in [4.69, 9.17) is 0 Å². The zero-order valence-corrected chi connectivity index (χ0v) is 48.4. The number of para-hydroxylation sites is 2. The maximum absolute atomic E-state index is 2.60. The zero-order chi connectivity index (χ0) is 55.9. The lowest BCUT2D eigenvalue weighted by Crippen LogP contribution is -2.13. The van der Waals surface area contributed by atoms with Gasteiger partial charge in [-0.1, -0.05) is 182 Å². The fourth-order valence-electron chi connectivity index (χ4n) is 16.0. The molecular formula is C80H66N4. The second-order valence-electron chi connectivity index (χ2n) is 24.8. The summed E-state index contributed by atoms with van der Waals surface area (Å²) in [7, 11) is 0. The molecule has 4 heteroatoms. The Balaban J connectivity index is 0.923. The van der Waals surface area contributed by atoms with Crippen LogP contribution in [0.5, 0.6) is 0 Å². The van der Waals surface area contributed by atoms with Gasteiger partial charge in [0.25, 0.3) is 0 Å². The fourth-order valence-corrected chi connectivity index (χ4v) is 16.0. The summed E-state index contributed by atoms with van der Waals surface area (Å²) in [4.78, 5) is 5.19. The van der Waals surface area contributed by atoms with Crippen molar-refractivity contribution in [2.45, 2.75) is 90.9 Å². The molecule has 0 N–H and O–H groups in total. The third-order valence-electron chi connectivity index (χ3n) is 19.8. The molecule has 0 amide bonds. The first kappa shape index (κ1) is 49.2. The van der Waals surface area contributed by atoms with Crippen molar-refractivity contribution in [2.75, 3.05) is 9.80 Å². The number of nitrogens with zero attached hydrogens (tertiary/aromatic N) is 4. The molecule has 11 aromatic carbocycles. The van der Waals surface area contributed by atoms with Crippen LogP contribution in [0.3, 0.4) is 0 Å². The quantitative estimate of drug-likeness (QED) is 0.136. The predicted octanol–water partition coefficient (Wildman–Crippen LogP) is 22.8. The maximum Gasteiger partial charge on any atom is 0.0641 e. The Labute approximate surface area is 491 Å². The molecule has 15 aromatic rings. The highest BCUT2D eigenvalue weighted by molar-refractivity contribution is 6.32. The summed E-state index contributed by atoms with van der Waals surface area (Å²) < 4.78 is 5.19. The molecule has 4 heterocycles. The summed E-state index contributed by atoms with van der Waals surface area (Å²) in [5.41, 5.74) is 27.6. The largest absolute Gasteiger partial charge is 0.309 e. The molecule has 0 saturated heterocycles. The average Bonchev–Trinajstić information content (AvgIpc) is 2.18. The Morgan fingerprint density at radius 2 is 0.690 bits per heavy atom. The van der Waals surface area contributed by atoms with Gasteiger partial charge >= 0.3 is 0 Å². The van der Waals surface area contributed by atoms with Gasteiger partial charge in [0.15, 0.2) is 0 Å². The molecule has 2 fully saturated rings. The zero-order valence-electron chi connectivity index (χ0n) is 48.4. The summed E-state index contributed by atoms with van der Waals surface area (Å²) in [6, 6.07) is 84.1. The van der Waals surface area contributed by atoms with Crippen LogP contribution < -0.4 is 9.80 Å². The first-order valence-corrected chi connectivity index (χ1v) is 30.8. The number of hydrogen-bond donors (Lipinski definition) is 0. The third kappa shape index (κ3) is 7.38. The lowest BCUT2D eigenvalue weighted by molar-refractivity contribution is 0.723. The number of fused-ring (bicyclic) bond motifs is 12. The van der Waals surface area contributed by atoms with Crippen LogP contribution in [-0.2, 0) is 0 Å². The highest BCUT2D eigenvalue weighted by Gasteiger charge is 2.31. The maximum atomic E-state index is 2.60. The Hall–Kier alpha value is -9.38. The lowest BCUT2D eigenvalue weighted by Gasteiger charge is -2.31. The summed E-state index contributed by atoms with van der Waals surface area (Å²) in [6.45, 7) is 8.99. The molecule has 17 rings (SSSR count). The van der Waals surface area contributed by atoms with Crippen molar-refractivity contribution in [3.63, 3.8) is 0 Å². The number of aryl methyl sites for hydroxylation is 4. The molecular weight excluding hydrogens is 1020 g/mol. The SMILES string of the molecule is Cc1ccc(N(c2ccc(C3CCCC3)cc2-c2ccccc2)c2ccc3c4cc5c(cc4n4c6ccccc6c2c34)c2ccc(N(c3ccc(C)cc3C)c3ccc(C4CCCC4)cc3-c3ccccc3)c3c4ccccc4n5c23)c(C)c1. The summed E-state index contributed by atoms with van der Waals surface area (Å²) in [6.07, 6.45) is 10.3. The van der Waals surface area contributed by atoms with E-state index in [9.17, 15) is 0 Å². The van der Waals surface area contributed by atoms with Crippen molar-refractivity contribution in [1.82, 2.24) is 8.80 Å². The van der Waals surface area contributed by atoms with E-state index in [1.54, 1.807) is 0 Å². The van der Waals surface area contributed by atoms with Gasteiger partial charge in [-0.3, -0.25) is 0 Å². The van der Waals surface area contributed by atoms with Crippen LogP contribution in [-0.4, -0.2) is 8.80 Å². The Morgan fingerprint density at radius 3 is 1.11 bits per heavy atom. The van der Waals surface area contributed by atoms with Crippen LogP contribution in [0.1, 0.15) is 96.6 Å². The Kier molecular flexibility index (Phi) is 11.2. The van der Waals surface area contributed by atoms with Gasteiger partial charge in [0.1, 0.15) is 0 Å². The van der Waals surface area contributed by atoms with Crippen LogP contribution in [0.25, 0.3) is 98.4 Å². The molecule has 0 radical (unpaired) electrons. The minimum atomic E-state index is 0.596. The van der Waals surface area contributed by atoms with Crippen LogP contribution >= 0.6 is 0 Å². The molecule has 2 aliphatic carbocycles. The first-order chi connectivity index (χ1) is 41.3. The van der Waals surface area contributed by atoms with Crippen molar-refractivity contribution in [1.29, 1.82) is 0 Å². The minimum absolute atomic E-state index is 0.596. The molecule has 4 nitrogen and oxygen atoms in total. The number of rotatable bonds is 10. The Bertz CT molecular complexity index is 4770. The van der Waals surface area contributed by atoms with E-state index in [1.807, 2.05) is 0 Å². The van der Waals surface area contributed by atoms with Crippen molar-refractivity contribution in [2.24, 2.45) is 0 Å². The van der Waals surface area contributed by atoms with Crippen LogP contribution in [0.4, 0.5) is 34.1 Å². The minimum Gasteiger partial charge on any atom is -0.309 e. The molecule has 2 aliphatic rings. The summed E-state index contributed by atoms with van der Waals surface area (Å²) >= 11 is 0. The fraction of sp³-hybridized carbons (Fsp3) is 0.175. The normalized spacial score (nSPS) is 14.4. The van der Waals surface area contributed by atoms with Crippen molar-refractivity contribution in [3.05, 3.63) is 252 Å². The number of hydrogen-bond acceptors (Lipinski definition) is 2. The van der Waals surface area contributed by atoms with Crippen LogP contribution in [0.2, 0.25) is 0 Å². The van der Waals surface area contributed by atoms with E-state index >= 15 is 0 Å². The highest BCUT2D eigenvalue weighted by Crippen LogP contribution is 2.54. The van der Waals surface area contributed by atoms with Crippen molar-refractivity contribution in [3.8, 4) is 22.3 Å². The summed E-state index contributed by atoms with van der Waals surface area (Å²) in [5.74, 6) is 1.19. The van der Waals surface area contributed by atoms with E-state index in [1.165, 1.54) is 217 Å². The molecule has 0 aliphatic heterocycles. The van der Waals surface area contributed by atoms with Gasteiger partial charge in [0, 0.05) is 65.6 Å². The molecule has 84 heavy (non-hydrogen) atoms. The van der Waals surface area contributed by atoms with Crippen molar-refractivity contribution < 1.29 is 0 Å². The second-order valence-corrected chi connectivity index (χ2v) is 24.8. The summed E-state index contributed by atoms with van der Waals surface area (Å²) in [5, 5.41) is 10.1. The van der Waals surface area contributed by atoms with Crippen LogP contribution in [0, 0.1) is 27.7 Å². The highest BCUT2D eigenvalue weighted by atomic mass is 15.2. The molecule has 406 valence electrons. The van der Waals surface area contributed by atoms with Gasteiger partial charge in [-0.2, -0.15) is 0 Å². The first-order valence-electron chi connectivity index (χ1n) is 30.8. The average molecular weight is 1080 g/mol. The monoisotopic (exact) mass is 1080 g/mol. The smallest absolute Gasteiger partial charge is 0.0641 e. The van der Waals surface area contributed by atoms with E-state index in [2.05, 4.69) is 265 Å². The second kappa shape index (κ2) is 19.1. The number of benzene rings is 11. The number of aromatic nitrogens is 2. The van der Waals surface area contributed by atoms with Gasteiger partial charge in [-0.15, -0.1) is 0 Å². The van der Waals surface area contributed by atoms with Gasteiger partial charge in [-0.05, 0) is 171 Å². The van der Waals surface area contributed by atoms with E-state index < -0.39 is 0 Å². The third-order valence-corrected chi connectivity index (χ3v) is 19.8. The molecule has 0 atom stereocenters. The van der Waals surface area contributed by atoms with Crippen molar-refractivity contribution >= 4 is 110 Å². The molecule has 0 bridgehead atoms. The van der Waals surface area contributed by atoms with E-state index in [0.717, 1.165) is 0 Å². The van der Waals surface area contributed by atoms with Crippen LogP contribution in [0.15, 0.2) is 218 Å². The Morgan fingerprint density at radius 1 is 0.310 bits per heavy atom. The molecule has 0 unspecified atom stereocenters. The molecule has 2 saturated carbocycles. The molecule has 0 spiro atoms. The predicted molar refractivity (Wildman–Crippen MR) is 357 cm³/mol.